The first-order valence-corrected chi connectivity index (χ1v) is 13.3. The second kappa shape index (κ2) is 10.3. The summed E-state index contributed by atoms with van der Waals surface area (Å²) in [5, 5.41) is 7.17. The molecule has 1 atom stereocenters. The first kappa shape index (κ1) is 27.8. The maximum absolute atomic E-state index is 12.1. The molecule has 4 aromatic heterocycles. The second-order valence-corrected chi connectivity index (χ2v) is 11.8. The molecule has 5 aromatic rings. The molecule has 0 bridgehead atoms. The Bertz CT molecular complexity index is 1660. The summed E-state index contributed by atoms with van der Waals surface area (Å²) in [5.74, 6) is 2.35. The zero-order valence-electron chi connectivity index (χ0n) is 24.1. The number of nitrogens with one attached hydrogen (secondary N) is 4. The van der Waals surface area contributed by atoms with Gasteiger partial charge in [-0.15, -0.1) is 0 Å². The lowest BCUT2D eigenvalue weighted by Gasteiger charge is -2.21. The third-order valence-electron chi connectivity index (χ3n) is 5.85. The minimum atomic E-state index is -0.589. The number of aromatic nitrogens is 4. The van der Waals surface area contributed by atoms with E-state index in [1.807, 2.05) is 52.0 Å². The number of benzene rings is 1. The Hall–Kier alpha value is -4.74. The third-order valence-corrected chi connectivity index (χ3v) is 5.85. The van der Waals surface area contributed by atoms with Crippen molar-refractivity contribution in [3.8, 4) is 22.9 Å². The Morgan fingerprint density at radius 2 is 1.37 bits per heavy atom. The Kier molecular flexibility index (Phi) is 7.02. The minimum absolute atomic E-state index is 0.190. The van der Waals surface area contributed by atoms with E-state index >= 15 is 0 Å². The van der Waals surface area contributed by atoms with Crippen molar-refractivity contribution in [2.75, 3.05) is 0 Å². The number of hydrogen-bond donors (Lipinski definition) is 4. The smallest absolute Gasteiger partial charge is 0.408 e. The molecule has 0 saturated carbocycles. The molecule has 12 nitrogen and oxygen atoms in total. The van der Waals surface area contributed by atoms with Gasteiger partial charge in [0.15, 0.2) is 11.5 Å². The minimum Gasteiger partial charge on any atom is -0.454 e. The molecule has 41 heavy (non-hydrogen) atoms. The van der Waals surface area contributed by atoms with Crippen molar-refractivity contribution in [3.63, 3.8) is 0 Å². The Morgan fingerprint density at radius 3 is 1.95 bits per heavy atom. The number of imidazole rings is 2. The lowest BCUT2D eigenvalue weighted by molar-refractivity contribution is 0.0500. The van der Waals surface area contributed by atoms with Gasteiger partial charge >= 0.3 is 12.2 Å². The van der Waals surface area contributed by atoms with E-state index in [9.17, 15) is 9.59 Å². The largest absolute Gasteiger partial charge is 0.454 e. The van der Waals surface area contributed by atoms with Gasteiger partial charge in [0.1, 0.15) is 45.4 Å². The number of H-pyrrole nitrogens is 2. The average Bonchev–Trinajstić information content (AvgIpc) is 3.63. The molecular weight excluding hydrogens is 528 g/mol. The fourth-order valence-corrected chi connectivity index (χ4v) is 4.12. The Labute approximate surface area is 236 Å². The SMILES string of the molecule is CC(NC(=O)OC(C)(C)C)c1ncc(-c2cc3cc4oc(-c5cnc(CNC(=O)OC(C)(C)C)[nH]5)cc4cc3o2)[nH]1. The summed E-state index contributed by atoms with van der Waals surface area (Å²) in [5.41, 5.74) is 1.56. The highest BCUT2D eigenvalue weighted by Gasteiger charge is 2.21. The zero-order chi connectivity index (χ0) is 29.5. The van der Waals surface area contributed by atoms with Gasteiger partial charge in [-0.2, -0.15) is 0 Å². The van der Waals surface area contributed by atoms with Gasteiger partial charge in [0.2, 0.25) is 0 Å². The molecule has 0 radical (unpaired) electrons. The normalized spacial score (nSPS) is 13.0. The van der Waals surface area contributed by atoms with Crippen LogP contribution in [0.2, 0.25) is 0 Å². The van der Waals surface area contributed by atoms with Gasteiger partial charge < -0.3 is 38.9 Å². The summed E-state index contributed by atoms with van der Waals surface area (Å²) in [6.45, 7) is 12.8. The highest BCUT2D eigenvalue weighted by molar-refractivity contribution is 5.96. The van der Waals surface area contributed by atoms with Gasteiger partial charge in [0, 0.05) is 10.8 Å². The zero-order valence-corrected chi connectivity index (χ0v) is 24.1. The Balaban J connectivity index is 1.28. The lowest BCUT2D eigenvalue weighted by Crippen LogP contribution is -2.34. The fourth-order valence-electron chi connectivity index (χ4n) is 4.12. The molecule has 12 heteroatoms. The molecule has 0 fully saturated rings. The van der Waals surface area contributed by atoms with Crippen LogP contribution in [0.25, 0.3) is 44.8 Å². The molecule has 0 aliphatic rings. The van der Waals surface area contributed by atoms with Crippen LogP contribution in [0.3, 0.4) is 0 Å². The van der Waals surface area contributed by atoms with Crippen molar-refractivity contribution in [2.24, 2.45) is 0 Å². The highest BCUT2D eigenvalue weighted by atomic mass is 16.6. The van der Waals surface area contributed by atoms with E-state index < -0.39 is 23.4 Å². The standard InChI is InChI=1S/C29H34N6O6/c1-15(33-27(37)41-29(5,6)7)25-31-13-19(35-25)23-11-17-9-20-16(8-21(17)39-23)10-22(38-20)18-12-30-24(34-18)14-32-26(36)40-28(2,3)4/h8-13,15H,14H2,1-7H3,(H,30,34)(H,31,35)(H,32,36)(H,33,37). The van der Waals surface area contributed by atoms with Crippen molar-refractivity contribution >= 4 is 34.1 Å². The number of rotatable bonds is 6. The number of carbonyl (C=O) groups is 2. The van der Waals surface area contributed by atoms with Gasteiger partial charge in [0.25, 0.3) is 0 Å². The Morgan fingerprint density at radius 1 is 0.829 bits per heavy atom. The van der Waals surface area contributed by atoms with Crippen LogP contribution in [-0.4, -0.2) is 43.3 Å². The van der Waals surface area contributed by atoms with Crippen LogP contribution >= 0.6 is 0 Å². The van der Waals surface area contributed by atoms with Crippen LogP contribution in [0.1, 0.15) is 66.2 Å². The van der Waals surface area contributed by atoms with Crippen molar-refractivity contribution in [1.29, 1.82) is 0 Å². The predicted molar refractivity (Wildman–Crippen MR) is 152 cm³/mol. The highest BCUT2D eigenvalue weighted by Crippen LogP contribution is 2.34. The van der Waals surface area contributed by atoms with Crippen molar-refractivity contribution in [1.82, 2.24) is 30.6 Å². The maximum Gasteiger partial charge on any atom is 0.408 e. The van der Waals surface area contributed by atoms with Gasteiger partial charge in [-0.25, -0.2) is 19.6 Å². The van der Waals surface area contributed by atoms with Crippen LogP contribution in [0.15, 0.2) is 45.5 Å². The number of carbonyl (C=O) groups excluding carboxylic acids is 2. The average molecular weight is 563 g/mol. The molecule has 0 saturated heterocycles. The topological polar surface area (TPSA) is 160 Å². The molecule has 5 rings (SSSR count). The van der Waals surface area contributed by atoms with E-state index in [1.165, 1.54) is 0 Å². The van der Waals surface area contributed by atoms with Crippen molar-refractivity contribution in [2.45, 2.75) is 72.3 Å². The lowest BCUT2D eigenvalue weighted by atomic mass is 10.2. The number of ether oxygens (including phenoxy) is 2. The molecule has 0 aliphatic heterocycles. The van der Waals surface area contributed by atoms with E-state index in [4.69, 9.17) is 18.3 Å². The molecule has 216 valence electrons. The monoisotopic (exact) mass is 562 g/mol. The van der Waals surface area contributed by atoms with Gasteiger partial charge in [-0.3, -0.25) is 0 Å². The van der Waals surface area contributed by atoms with Gasteiger partial charge in [-0.1, -0.05) is 0 Å². The second-order valence-electron chi connectivity index (χ2n) is 11.8. The number of aromatic amines is 2. The summed E-state index contributed by atoms with van der Waals surface area (Å²) >= 11 is 0. The summed E-state index contributed by atoms with van der Waals surface area (Å²) in [4.78, 5) is 39.1. The summed E-state index contributed by atoms with van der Waals surface area (Å²) < 4.78 is 22.8. The first-order valence-electron chi connectivity index (χ1n) is 13.3. The number of alkyl carbamates (subject to hydrolysis) is 2. The van der Waals surface area contributed by atoms with E-state index in [-0.39, 0.29) is 12.6 Å². The van der Waals surface area contributed by atoms with Gasteiger partial charge in [0.05, 0.1) is 25.0 Å². The number of hydrogen-bond acceptors (Lipinski definition) is 8. The maximum atomic E-state index is 12.1. The first-order chi connectivity index (χ1) is 19.2. The summed E-state index contributed by atoms with van der Waals surface area (Å²) in [6.07, 6.45) is 2.29. The third kappa shape index (κ3) is 6.71. The van der Waals surface area contributed by atoms with Gasteiger partial charge in [-0.05, 0) is 72.7 Å². The predicted octanol–water partition coefficient (Wildman–Crippen LogP) is 6.57. The molecule has 2 amide bonds. The van der Waals surface area contributed by atoms with Crippen LogP contribution in [0.4, 0.5) is 9.59 Å². The van der Waals surface area contributed by atoms with Crippen molar-refractivity contribution in [3.05, 3.63) is 48.3 Å². The number of fused-ring (bicyclic) bond motifs is 2. The van der Waals surface area contributed by atoms with E-state index in [0.717, 1.165) is 10.8 Å². The van der Waals surface area contributed by atoms with Crippen LogP contribution in [0, 0.1) is 0 Å². The van der Waals surface area contributed by atoms with E-state index in [1.54, 1.807) is 33.2 Å². The summed E-state index contributed by atoms with van der Waals surface area (Å²) in [7, 11) is 0. The van der Waals surface area contributed by atoms with Crippen LogP contribution in [-0.2, 0) is 16.0 Å². The number of nitrogens with zero attached hydrogens (tertiary/aromatic N) is 2. The molecular formula is C29H34N6O6. The van der Waals surface area contributed by atoms with Crippen molar-refractivity contribution < 1.29 is 27.9 Å². The molecule has 1 unspecified atom stereocenters. The van der Waals surface area contributed by atoms with Crippen LogP contribution in [0.5, 0.6) is 0 Å². The molecule has 0 spiro atoms. The molecule has 1 aromatic carbocycles. The molecule has 4 N–H and O–H groups in total. The molecule has 4 heterocycles. The van der Waals surface area contributed by atoms with Crippen LogP contribution < -0.4 is 10.6 Å². The quantitative estimate of drug-likeness (QED) is 0.181. The number of furan rings is 2. The molecule has 0 aliphatic carbocycles. The van der Waals surface area contributed by atoms with E-state index in [2.05, 4.69) is 30.6 Å². The summed E-state index contributed by atoms with van der Waals surface area (Å²) in [6, 6.07) is 7.23. The van der Waals surface area contributed by atoms with E-state index in [0.29, 0.717) is 45.7 Å². The fraction of sp³-hybridized carbons (Fsp3) is 0.379. The number of amides is 2.